The normalized spacial score (nSPS) is 49.7. The minimum Gasteiger partial charge on any atom is -0.327 e. The van der Waals surface area contributed by atoms with Crippen molar-refractivity contribution in [3.05, 3.63) is 0 Å². The van der Waals surface area contributed by atoms with Crippen molar-refractivity contribution in [1.82, 2.24) is 0 Å². The molecule has 0 amide bonds. The maximum Gasteiger partial charge on any atom is 0.00699 e. The van der Waals surface area contributed by atoms with Crippen molar-refractivity contribution in [3.8, 4) is 0 Å². The van der Waals surface area contributed by atoms with Crippen molar-refractivity contribution in [1.29, 1.82) is 0 Å². The third-order valence-corrected chi connectivity index (χ3v) is 3.03. The Balaban J connectivity index is 2.07. The van der Waals surface area contributed by atoms with Gasteiger partial charge in [-0.2, -0.15) is 0 Å². The van der Waals surface area contributed by atoms with Gasteiger partial charge in [-0.25, -0.2) is 0 Å². The number of hydrogen-bond acceptors (Lipinski definition) is 1. The lowest BCUT2D eigenvalue weighted by Crippen LogP contribution is -2.23. The second kappa shape index (κ2) is 1.98. The molecule has 0 saturated heterocycles. The van der Waals surface area contributed by atoms with Gasteiger partial charge in [-0.1, -0.05) is 12.8 Å². The van der Waals surface area contributed by atoms with E-state index in [4.69, 9.17) is 5.73 Å². The summed E-state index contributed by atoms with van der Waals surface area (Å²) in [6.45, 7) is 0. The Morgan fingerprint density at radius 2 is 2.00 bits per heavy atom. The second-order valence-corrected chi connectivity index (χ2v) is 3.69. The van der Waals surface area contributed by atoms with Gasteiger partial charge in [0.2, 0.25) is 0 Å². The van der Waals surface area contributed by atoms with E-state index in [1.165, 1.54) is 32.1 Å². The number of hydrogen-bond donors (Lipinski definition) is 1. The van der Waals surface area contributed by atoms with Crippen molar-refractivity contribution in [2.75, 3.05) is 0 Å². The molecule has 2 N–H and O–H groups in total. The van der Waals surface area contributed by atoms with Gasteiger partial charge < -0.3 is 5.73 Å². The summed E-state index contributed by atoms with van der Waals surface area (Å²) in [7, 11) is 0. The van der Waals surface area contributed by atoms with Crippen molar-refractivity contribution in [2.24, 2.45) is 17.6 Å². The zero-order valence-corrected chi connectivity index (χ0v) is 5.84. The van der Waals surface area contributed by atoms with E-state index in [0.717, 1.165) is 11.8 Å². The third-order valence-electron chi connectivity index (χ3n) is 3.03. The molecule has 2 fully saturated rings. The van der Waals surface area contributed by atoms with Gasteiger partial charge in [-0.3, -0.25) is 0 Å². The molecule has 1 nitrogen and oxygen atoms in total. The summed E-state index contributed by atoms with van der Waals surface area (Å²) < 4.78 is 0. The fourth-order valence-electron chi connectivity index (χ4n) is 2.51. The lowest BCUT2D eigenvalue weighted by molar-refractivity contribution is 0.350. The molecule has 2 rings (SSSR count). The standard InChI is InChI=1S/C8H15N/c9-8-5-6-2-1-3-7(8)4-6/h6-8H,1-5,9H2. The zero-order valence-electron chi connectivity index (χ0n) is 5.84. The van der Waals surface area contributed by atoms with Gasteiger partial charge >= 0.3 is 0 Å². The minimum atomic E-state index is 0.567. The maximum atomic E-state index is 5.92. The first-order chi connectivity index (χ1) is 4.36. The van der Waals surface area contributed by atoms with E-state index in [9.17, 15) is 0 Å². The molecular weight excluding hydrogens is 110 g/mol. The fraction of sp³-hybridized carbons (Fsp3) is 1.00. The van der Waals surface area contributed by atoms with E-state index in [1.54, 1.807) is 0 Å². The molecule has 0 aromatic heterocycles. The summed E-state index contributed by atoms with van der Waals surface area (Å²) in [5.41, 5.74) is 5.92. The molecule has 1 heteroatoms. The topological polar surface area (TPSA) is 26.0 Å². The van der Waals surface area contributed by atoms with E-state index < -0.39 is 0 Å². The van der Waals surface area contributed by atoms with Crippen LogP contribution in [0.1, 0.15) is 32.1 Å². The first kappa shape index (κ1) is 5.72. The van der Waals surface area contributed by atoms with Gasteiger partial charge in [0.25, 0.3) is 0 Å². The van der Waals surface area contributed by atoms with Crippen LogP contribution in [0.25, 0.3) is 0 Å². The molecule has 3 atom stereocenters. The van der Waals surface area contributed by atoms with Crippen LogP contribution in [0, 0.1) is 11.8 Å². The quantitative estimate of drug-likeness (QED) is 0.522. The SMILES string of the molecule is NC1CC2CCCC1C2. The molecule has 2 bridgehead atoms. The lowest BCUT2D eigenvalue weighted by atomic mass is 9.89. The Kier molecular flexibility index (Phi) is 1.26. The second-order valence-electron chi connectivity index (χ2n) is 3.69. The Labute approximate surface area is 56.6 Å². The predicted molar refractivity (Wildman–Crippen MR) is 38.0 cm³/mol. The molecule has 3 unspecified atom stereocenters. The van der Waals surface area contributed by atoms with Crippen LogP contribution >= 0.6 is 0 Å². The van der Waals surface area contributed by atoms with Crippen molar-refractivity contribution >= 4 is 0 Å². The van der Waals surface area contributed by atoms with E-state index in [0.29, 0.717) is 6.04 Å². The van der Waals surface area contributed by atoms with Crippen molar-refractivity contribution in [3.63, 3.8) is 0 Å². The summed E-state index contributed by atoms with van der Waals surface area (Å²) in [5.74, 6) is 1.92. The minimum absolute atomic E-state index is 0.567. The van der Waals surface area contributed by atoms with Gasteiger partial charge in [0.15, 0.2) is 0 Å². The lowest BCUT2D eigenvalue weighted by Gasteiger charge is -2.18. The average Bonchev–Trinajstić information content (AvgIpc) is 2.09. The molecule has 2 aliphatic rings. The molecule has 0 aliphatic heterocycles. The molecule has 9 heavy (non-hydrogen) atoms. The van der Waals surface area contributed by atoms with Crippen LogP contribution in [0.3, 0.4) is 0 Å². The van der Waals surface area contributed by atoms with Crippen LogP contribution < -0.4 is 5.73 Å². The molecule has 0 aromatic rings. The first-order valence-electron chi connectivity index (χ1n) is 4.12. The highest BCUT2D eigenvalue weighted by Crippen LogP contribution is 2.40. The summed E-state index contributed by atoms with van der Waals surface area (Å²) in [5, 5.41) is 0. The Bertz CT molecular complexity index is 109. The number of fused-ring (bicyclic) bond motifs is 2. The van der Waals surface area contributed by atoms with Gasteiger partial charge in [0, 0.05) is 6.04 Å². The first-order valence-corrected chi connectivity index (χ1v) is 4.12. The Hall–Kier alpha value is -0.0400. The van der Waals surface area contributed by atoms with Gasteiger partial charge in [-0.05, 0) is 31.1 Å². The molecule has 52 valence electrons. The van der Waals surface area contributed by atoms with Gasteiger partial charge in [0.05, 0.1) is 0 Å². The molecule has 0 radical (unpaired) electrons. The summed E-state index contributed by atoms with van der Waals surface area (Å²) in [4.78, 5) is 0. The van der Waals surface area contributed by atoms with Gasteiger partial charge in [0.1, 0.15) is 0 Å². The zero-order chi connectivity index (χ0) is 6.27. The molecule has 2 saturated carbocycles. The number of nitrogens with two attached hydrogens (primary N) is 1. The van der Waals surface area contributed by atoms with Crippen LogP contribution in [0.4, 0.5) is 0 Å². The predicted octanol–water partition coefficient (Wildman–Crippen LogP) is 1.52. The molecule has 0 spiro atoms. The van der Waals surface area contributed by atoms with Crippen LogP contribution in [0.2, 0.25) is 0 Å². The summed E-state index contributed by atoms with van der Waals surface area (Å²) in [6.07, 6.45) is 7.09. The highest BCUT2D eigenvalue weighted by atomic mass is 14.7. The monoisotopic (exact) mass is 125 g/mol. The summed E-state index contributed by atoms with van der Waals surface area (Å²) >= 11 is 0. The van der Waals surface area contributed by atoms with E-state index in [1.807, 2.05) is 0 Å². The van der Waals surface area contributed by atoms with Crippen LogP contribution in [-0.2, 0) is 0 Å². The molecule has 0 aromatic carbocycles. The largest absolute Gasteiger partial charge is 0.327 e. The smallest absolute Gasteiger partial charge is 0.00699 e. The molecule has 2 aliphatic carbocycles. The molecule has 0 heterocycles. The van der Waals surface area contributed by atoms with E-state index >= 15 is 0 Å². The maximum absolute atomic E-state index is 5.92. The van der Waals surface area contributed by atoms with Crippen LogP contribution in [-0.4, -0.2) is 6.04 Å². The van der Waals surface area contributed by atoms with Crippen molar-refractivity contribution < 1.29 is 0 Å². The van der Waals surface area contributed by atoms with E-state index in [2.05, 4.69) is 0 Å². The third kappa shape index (κ3) is 0.877. The van der Waals surface area contributed by atoms with Crippen LogP contribution in [0.5, 0.6) is 0 Å². The van der Waals surface area contributed by atoms with Crippen LogP contribution in [0.15, 0.2) is 0 Å². The van der Waals surface area contributed by atoms with E-state index in [-0.39, 0.29) is 0 Å². The Morgan fingerprint density at radius 1 is 1.11 bits per heavy atom. The highest BCUT2D eigenvalue weighted by Gasteiger charge is 2.34. The molecular formula is C8H15N. The Morgan fingerprint density at radius 3 is 2.67 bits per heavy atom. The fourth-order valence-corrected chi connectivity index (χ4v) is 2.51. The summed E-state index contributed by atoms with van der Waals surface area (Å²) in [6, 6.07) is 0.567. The van der Waals surface area contributed by atoms with Gasteiger partial charge in [-0.15, -0.1) is 0 Å². The average molecular weight is 125 g/mol. The number of rotatable bonds is 0. The van der Waals surface area contributed by atoms with Crippen molar-refractivity contribution in [2.45, 2.75) is 38.1 Å². The highest BCUT2D eigenvalue weighted by molar-refractivity contribution is 4.89.